The highest BCUT2D eigenvalue weighted by molar-refractivity contribution is 9.10. The lowest BCUT2D eigenvalue weighted by atomic mass is 10.1. The number of carbonyl (C=O) groups excluding carboxylic acids is 1. The molecule has 2 rings (SSSR count). The molecule has 1 aromatic carbocycles. The summed E-state index contributed by atoms with van der Waals surface area (Å²) in [6, 6.07) is 5.30. The van der Waals surface area contributed by atoms with Crippen molar-refractivity contribution >= 4 is 32.8 Å². The smallest absolute Gasteiger partial charge is 0.252 e. The van der Waals surface area contributed by atoms with Gasteiger partial charge in [0.05, 0.1) is 11.8 Å². The van der Waals surface area contributed by atoms with Crippen molar-refractivity contribution in [3.8, 4) is 0 Å². The second-order valence-electron chi connectivity index (χ2n) is 2.66. The Balaban J connectivity index is 2.84. The van der Waals surface area contributed by atoms with E-state index in [0.29, 0.717) is 11.1 Å². The van der Waals surface area contributed by atoms with Crippen LogP contribution in [0.1, 0.15) is 10.4 Å². The molecule has 1 amide bonds. The van der Waals surface area contributed by atoms with E-state index in [1.165, 1.54) is 6.26 Å². The van der Waals surface area contributed by atoms with Gasteiger partial charge < -0.3 is 10.2 Å². The summed E-state index contributed by atoms with van der Waals surface area (Å²) < 4.78 is 5.96. The number of furan rings is 1. The van der Waals surface area contributed by atoms with Gasteiger partial charge >= 0.3 is 0 Å². The molecule has 1 aromatic heterocycles. The molecule has 2 N–H and O–H groups in total. The number of nitrogens with two attached hydrogens (primary N) is 1. The lowest BCUT2D eigenvalue weighted by molar-refractivity contribution is 0.100. The van der Waals surface area contributed by atoms with Gasteiger partial charge in [0.2, 0.25) is 0 Å². The monoisotopic (exact) mass is 239 g/mol. The minimum Gasteiger partial charge on any atom is -0.464 e. The molecule has 66 valence electrons. The summed E-state index contributed by atoms with van der Waals surface area (Å²) >= 11 is 3.29. The van der Waals surface area contributed by atoms with Crippen molar-refractivity contribution in [2.45, 2.75) is 0 Å². The van der Waals surface area contributed by atoms with Gasteiger partial charge in [-0.2, -0.15) is 0 Å². The SMILES string of the molecule is NC(=O)c1cc(Br)cc2ccoc12. The molecule has 1 heterocycles. The van der Waals surface area contributed by atoms with E-state index in [1.54, 1.807) is 12.1 Å². The van der Waals surface area contributed by atoms with E-state index < -0.39 is 5.91 Å². The number of fused-ring (bicyclic) bond motifs is 1. The van der Waals surface area contributed by atoms with Crippen molar-refractivity contribution in [2.75, 3.05) is 0 Å². The van der Waals surface area contributed by atoms with Crippen LogP contribution in [0.5, 0.6) is 0 Å². The van der Waals surface area contributed by atoms with Gasteiger partial charge in [-0.05, 0) is 18.2 Å². The molecule has 4 heteroatoms. The van der Waals surface area contributed by atoms with Crippen LogP contribution in [0.2, 0.25) is 0 Å². The van der Waals surface area contributed by atoms with E-state index in [4.69, 9.17) is 10.2 Å². The van der Waals surface area contributed by atoms with Crippen molar-refractivity contribution < 1.29 is 9.21 Å². The fraction of sp³-hybridized carbons (Fsp3) is 0. The van der Waals surface area contributed by atoms with E-state index in [2.05, 4.69) is 15.9 Å². The van der Waals surface area contributed by atoms with Gasteiger partial charge in [0.1, 0.15) is 5.58 Å². The van der Waals surface area contributed by atoms with Gasteiger partial charge in [-0.1, -0.05) is 15.9 Å². The molecule has 0 saturated carbocycles. The summed E-state index contributed by atoms with van der Waals surface area (Å²) in [6.07, 6.45) is 1.53. The topological polar surface area (TPSA) is 56.2 Å². The first-order valence-corrected chi connectivity index (χ1v) is 4.44. The largest absolute Gasteiger partial charge is 0.464 e. The molecule has 0 bridgehead atoms. The Morgan fingerprint density at radius 1 is 1.46 bits per heavy atom. The van der Waals surface area contributed by atoms with Crippen molar-refractivity contribution in [3.05, 3.63) is 34.5 Å². The first-order valence-electron chi connectivity index (χ1n) is 3.65. The summed E-state index contributed by atoms with van der Waals surface area (Å²) in [6.45, 7) is 0. The maximum absolute atomic E-state index is 11.0. The third kappa shape index (κ3) is 1.33. The summed E-state index contributed by atoms with van der Waals surface area (Å²) in [7, 11) is 0. The van der Waals surface area contributed by atoms with Crippen LogP contribution < -0.4 is 5.73 Å². The molecule has 3 nitrogen and oxygen atoms in total. The average molecular weight is 240 g/mol. The van der Waals surface area contributed by atoms with Gasteiger partial charge in [-0.15, -0.1) is 0 Å². The molecule has 0 aliphatic carbocycles. The van der Waals surface area contributed by atoms with Crippen LogP contribution in [-0.2, 0) is 0 Å². The first kappa shape index (κ1) is 8.31. The molecule has 0 fully saturated rings. The molecule has 0 aliphatic heterocycles. The Hall–Kier alpha value is -1.29. The van der Waals surface area contributed by atoms with Crippen LogP contribution >= 0.6 is 15.9 Å². The number of hydrogen-bond acceptors (Lipinski definition) is 2. The molecule has 0 atom stereocenters. The lowest BCUT2D eigenvalue weighted by Crippen LogP contribution is -2.11. The van der Waals surface area contributed by atoms with Crippen molar-refractivity contribution in [1.82, 2.24) is 0 Å². The molecule has 13 heavy (non-hydrogen) atoms. The van der Waals surface area contributed by atoms with Gasteiger partial charge in [0, 0.05) is 9.86 Å². The van der Waals surface area contributed by atoms with Crippen LogP contribution in [-0.4, -0.2) is 5.91 Å². The van der Waals surface area contributed by atoms with Crippen LogP contribution in [0.4, 0.5) is 0 Å². The van der Waals surface area contributed by atoms with Crippen LogP contribution in [0, 0.1) is 0 Å². The second-order valence-corrected chi connectivity index (χ2v) is 3.57. The zero-order chi connectivity index (χ0) is 9.42. The van der Waals surface area contributed by atoms with E-state index in [9.17, 15) is 4.79 Å². The first-order chi connectivity index (χ1) is 6.18. The van der Waals surface area contributed by atoms with E-state index in [-0.39, 0.29) is 0 Å². The Bertz CT molecular complexity index is 475. The third-order valence-electron chi connectivity index (χ3n) is 1.78. The second kappa shape index (κ2) is 2.88. The Labute approximate surface area is 82.6 Å². The minimum atomic E-state index is -0.485. The van der Waals surface area contributed by atoms with E-state index in [1.807, 2.05) is 6.07 Å². The average Bonchev–Trinajstić information content (AvgIpc) is 2.49. The summed E-state index contributed by atoms with van der Waals surface area (Å²) in [4.78, 5) is 11.0. The molecule has 0 radical (unpaired) electrons. The summed E-state index contributed by atoms with van der Waals surface area (Å²) in [5.41, 5.74) is 6.12. The molecule has 0 unspecified atom stereocenters. The van der Waals surface area contributed by atoms with E-state index in [0.717, 1.165) is 9.86 Å². The zero-order valence-corrected chi connectivity index (χ0v) is 8.17. The number of rotatable bonds is 1. The Kier molecular flexibility index (Phi) is 1.84. The highest BCUT2D eigenvalue weighted by Crippen LogP contribution is 2.24. The Morgan fingerprint density at radius 2 is 2.23 bits per heavy atom. The molecular formula is C9H6BrNO2. The number of halogens is 1. The van der Waals surface area contributed by atoms with Gasteiger partial charge in [0.15, 0.2) is 0 Å². The number of hydrogen-bond donors (Lipinski definition) is 1. The van der Waals surface area contributed by atoms with E-state index >= 15 is 0 Å². The highest BCUT2D eigenvalue weighted by atomic mass is 79.9. The molecular weight excluding hydrogens is 234 g/mol. The van der Waals surface area contributed by atoms with Crippen LogP contribution in [0.25, 0.3) is 11.0 Å². The summed E-state index contributed by atoms with van der Waals surface area (Å²) in [5.74, 6) is -0.485. The maximum atomic E-state index is 11.0. The zero-order valence-electron chi connectivity index (χ0n) is 6.58. The molecule has 0 saturated heterocycles. The normalized spacial score (nSPS) is 10.5. The van der Waals surface area contributed by atoms with Crippen molar-refractivity contribution in [1.29, 1.82) is 0 Å². The lowest BCUT2D eigenvalue weighted by Gasteiger charge is -1.97. The van der Waals surface area contributed by atoms with Crippen LogP contribution in [0.3, 0.4) is 0 Å². The molecule has 0 aliphatic rings. The predicted molar refractivity (Wildman–Crippen MR) is 52.4 cm³/mol. The Morgan fingerprint density at radius 3 is 2.92 bits per heavy atom. The fourth-order valence-corrected chi connectivity index (χ4v) is 1.70. The third-order valence-corrected chi connectivity index (χ3v) is 2.24. The van der Waals surface area contributed by atoms with Crippen LogP contribution in [0.15, 0.2) is 33.4 Å². The molecule has 0 spiro atoms. The maximum Gasteiger partial charge on any atom is 0.252 e. The predicted octanol–water partition coefficient (Wildman–Crippen LogP) is 2.29. The minimum absolute atomic E-state index is 0.398. The van der Waals surface area contributed by atoms with Crippen molar-refractivity contribution in [2.24, 2.45) is 5.73 Å². The van der Waals surface area contributed by atoms with Crippen molar-refractivity contribution in [3.63, 3.8) is 0 Å². The van der Waals surface area contributed by atoms with Gasteiger partial charge in [0.25, 0.3) is 5.91 Å². The fourth-order valence-electron chi connectivity index (χ4n) is 1.23. The number of carbonyl (C=O) groups is 1. The number of amides is 1. The number of benzene rings is 1. The van der Waals surface area contributed by atoms with Gasteiger partial charge in [-0.25, -0.2) is 0 Å². The molecule has 2 aromatic rings. The standard InChI is InChI=1S/C9H6BrNO2/c10-6-3-5-1-2-13-8(5)7(4-6)9(11)12/h1-4H,(H2,11,12). The quantitative estimate of drug-likeness (QED) is 0.831. The van der Waals surface area contributed by atoms with Gasteiger partial charge in [-0.3, -0.25) is 4.79 Å². The summed E-state index contributed by atoms with van der Waals surface area (Å²) in [5, 5.41) is 0.864. The number of primary amides is 1. The highest BCUT2D eigenvalue weighted by Gasteiger charge is 2.10.